The highest BCUT2D eigenvalue weighted by atomic mass is 16.1. The summed E-state index contributed by atoms with van der Waals surface area (Å²) in [5.41, 5.74) is 2.40. The molecule has 0 aliphatic carbocycles. The zero-order valence-corrected chi connectivity index (χ0v) is 12.6. The first kappa shape index (κ1) is 14.8. The molecule has 5 heteroatoms. The van der Waals surface area contributed by atoms with Crippen LogP contribution >= 0.6 is 0 Å². The minimum absolute atomic E-state index is 0.0389. The molecule has 20 heavy (non-hydrogen) atoms. The minimum atomic E-state index is -0.0389. The second-order valence-corrected chi connectivity index (χ2v) is 5.53. The van der Waals surface area contributed by atoms with Gasteiger partial charge in [0.25, 0.3) is 5.91 Å². The summed E-state index contributed by atoms with van der Waals surface area (Å²) in [5, 5.41) is 6.26. The van der Waals surface area contributed by atoms with Crippen molar-refractivity contribution in [3.63, 3.8) is 0 Å². The molecule has 2 heterocycles. The normalized spacial score (nSPS) is 19.1. The third kappa shape index (κ3) is 3.70. The predicted molar refractivity (Wildman–Crippen MR) is 81.1 cm³/mol. The second kappa shape index (κ2) is 6.70. The maximum Gasteiger partial charge on any atom is 0.254 e. The van der Waals surface area contributed by atoms with Crippen molar-refractivity contribution in [3.05, 3.63) is 23.5 Å². The van der Waals surface area contributed by atoms with Crippen LogP contribution in [0.3, 0.4) is 0 Å². The molecule has 2 rings (SSSR count). The van der Waals surface area contributed by atoms with Crippen LogP contribution in [0, 0.1) is 12.8 Å². The first-order valence-electron chi connectivity index (χ1n) is 7.27. The second-order valence-electron chi connectivity index (χ2n) is 5.53. The molecule has 1 aromatic heterocycles. The fourth-order valence-corrected chi connectivity index (χ4v) is 2.60. The number of pyridine rings is 1. The first-order chi connectivity index (χ1) is 9.60. The zero-order chi connectivity index (χ0) is 14.5. The molecule has 1 aliphatic heterocycles. The summed E-state index contributed by atoms with van der Waals surface area (Å²) in [6.45, 7) is 7.66. The van der Waals surface area contributed by atoms with Crippen LogP contribution in [0.4, 0.5) is 5.69 Å². The summed E-state index contributed by atoms with van der Waals surface area (Å²) < 4.78 is 0. The Morgan fingerprint density at radius 1 is 1.55 bits per heavy atom. The average molecular weight is 276 g/mol. The lowest BCUT2D eigenvalue weighted by Gasteiger charge is -2.14. The number of hydrogen-bond acceptors (Lipinski definition) is 4. The van der Waals surface area contributed by atoms with Crippen molar-refractivity contribution in [2.75, 3.05) is 38.5 Å². The summed E-state index contributed by atoms with van der Waals surface area (Å²) >= 11 is 0. The van der Waals surface area contributed by atoms with Crippen LogP contribution in [0.2, 0.25) is 0 Å². The number of hydrogen-bond donors (Lipinski definition) is 2. The van der Waals surface area contributed by atoms with Gasteiger partial charge < -0.3 is 15.5 Å². The van der Waals surface area contributed by atoms with Crippen LogP contribution in [0.1, 0.15) is 29.4 Å². The Morgan fingerprint density at radius 3 is 3.00 bits per heavy atom. The maximum absolute atomic E-state index is 12.3. The minimum Gasteiger partial charge on any atom is -0.385 e. The number of amides is 1. The van der Waals surface area contributed by atoms with Gasteiger partial charge in [-0.25, -0.2) is 0 Å². The van der Waals surface area contributed by atoms with Gasteiger partial charge in [-0.3, -0.25) is 9.78 Å². The highest BCUT2D eigenvalue weighted by Gasteiger charge is 2.20. The van der Waals surface area contributed by atoms with Gasteiger partial charge in [-0.2, -0.15) is 0 Å². The number of nitrogens with one attached hydrogen (secondary N) is 2. The van der Waals surface area contributed by atoms with Crippen molar-refractivity contribution in [1.82, 2.24) is 15.2 Å². The highest BCUT2D eigenvalue weighted by molar-refractivity contribution is 5.99. The summed E-state index contributed by atoms with van der Waals surface area (Å²) in [5.74, 6) is 0.521. The molecule has 2 N–H and O–H groups in total. The fourth-order valence-electron chi connectivity index (χ4n) is 2.60. The quantitative estimate of drug-likeness (QED) is 0.856. The van der Waals surface area contributed by atoms with E-state index < -0.39 is 0 Å². The standard InChI is InChI=1S/C15H24N4O/c1-4-16-14-7-11(2)17-9-13(14)15(20)18-8-12-5-6-19(3)10-12/h7,9,12H,4-6,8,10H2,1-3H3,(H,16,17)(H,18,20). The number of anilines is 1. The Labute approximate surface area is 120 Å². The van der Waals surface area contributed by atoms with Crippen molar-refractivity contribution in [1.29, 1.82) is 0 Å². The monoisotopic (exact) mass is 276 g/mol. The largest absolute Gasteiger partial charge is 0.385 e. The van der Waals surface area contributed by atoms with Crippen molar-refractivity contribution in [2.24, 2.45) is 5.92 Å². The Hall–Kier alpha value is -1.62. The van der Waals surface area contributed by atoms with E-state index in [2.05, 4.69) is 27.6 Å². The molecular formula is C15H24N4O. The van der Waals surface area contributed by atoms with E-state index in [-0.39, 0.29) is 5.91 Å². The summed E-state index contributed by atoms with van der Waals surface area (Å²) in [6, 6.07) is 1.92. The van der Waals surface area contributed by atoms with Gasteiger partial charge >= 0.3 is 0 Å². The van der Waals surface area contributed by atoms with Crippen LogP contribution in [-0.4, -0.2) is 49.0 Å². The Bertz CT molecular complexity index is 475. The molecular weight excluding hydrogens is 252 g/mol. The number of carbonyl (C=O) groups excluding carboxylic acids is 1. The number of aryl methyl sites for hydroxylation is 1. The van der Waals surface area contributed by atoms with Crippen LogP contribution in [0.5, 0.6) is 0 Å². The molecule has 0 spiro atoms. The molecule has 1 aromatic rings. The SMILES string of the molecule is CCNc1cc(C)ncc1C(=O)NCC1CCN(C)C1. The third-order valence-electron chi connectivity index (χ3n) is 3.69. The molecule has 0 radical (unpaired) electrons. The van der Waals surface area contributed by atoms with Crippen molar-refractivity contribution >= 4 is 11.6 Å². The number of aromatic nitrogens is 1. The predicted octanol–water partition coefficient (Wildman–Crippen LogP) is 1.50. The number of likely N-dealkylation sites (tertiary alicyclic amines) is 1. The molecule has 1 atom stereocenters. The lowest BCUT2D eigenvalue weighted by molar-refractivity contribution is 0.0948. The average Bonchev–Trinajstić information content (AvgIpc) is 2.82. The number of carbonyl (C=O) groups is 1. The van der Waals surface area contributed by atoms with Crippen LogP contribution < -0.4 is 10.6 Å². The maximum atomic E-state index is 12.3. The molecule has 1 unspecified atom stereocenters. The molecule has 5 nitrogen and oxygen atoms in total. The van der Waals surface area contributed by atoms with E-state index in [1.165, 1.54) is 0 Å². The number of nitrogens with zero attached hydrogens (tertiary/aromatic N) is 2. The van der Waals surface area contributed by atoms with Crippen molar-refractivity contribution in [3.8, 4) is 0 Å². The van der Waals surface area contributed by atoms with E-state index in [9.17, 15) is 4.79 Å². The lowest BCUT2D eigenvalue weighted by atomic mass is 10.1. The van der Waals surface area contributed by atoms with Gasteiger partial charge in [-0.05, 0) is 45.8 Å². The Kier molecular flexibility index (Phi) is 4.95. The molecule has 0 saturated carbocycles. The van der Waals surface area contributed by atoms with Crippen LogP contribution in [-0.2, 0) is 0 Å². The van der Waals surface area contributed by atoms with Gasteiger partial charge in [0.2, 0.25) is 0 Å². The van der Waals surface area contributed by atoms with Crippen molar-refractivity contribution < 1.29 is 4.79 Å². The van der Waals surface area contributed by atoms with Gasteiger partial charge in [-0.1, -0.05) is 0 Å². The highest BCUT2D eigenvalue weighted by Crippen LogP contribution is 2.17. The molecule has 110 valence electrons. The molecule has 1 saturated heterocycles. The summed E-state index contributed by atoms with van der Waals surface area (Å²) in [4.78, 5) is 18.8. The van der Waals surface area contributed by atoms with Gasteiger partial charge in [0, 0.05) is 31.5 Å². The number of rotatable bonds is 5. The van der Waals surface area contributed by atoms with Gasteiger partial charge in [0.05, 0.1) is 11.3 Å². The summed E-state index contributed by atoms with van der Waals surface area (Å²) in [7, 11) is 2.12. The van der Waals surface area contributed by atoms with Crippen LogP contribution in [0.15, 0.2) is 12.3 Å². The third-order valence-corrected chi connectivity index (χ3v) is 3.69. The lowest BCUT2D eigenvalue weighted by Crippen LogP contribution is -2.31. The van der Waals surface area contributed by atoms with Gasteiger partial charge in [-0.15, -0.1) is 0 Å². The molecule has 0 bridgehead atoms. The molecule has 1 aliphatic rings. The van der Waals surface area contributed by atoms with E-state index in [1.807, 2.05) is 19.9 Å². The Morgan fingerprint density at radius 2 is 2.35 bits per heavy atom. The van der Waals surface area contributed by atoms with Crippen molar-refractivity contribution in [2.45, 2.75) is 20.3 Å². The van der Waals surface area contributed by atoms with E-state index in [4.69, 9.17) is 0 Å². The smallest absolute Gasteiger partial charge is 0.254 e. The summed E-state index contributed by atoms with van der Waals surface area (Å²) in [6.07, 6.45) is 2.81. The zero-order valence-electron chi connectivity index (χ0n) is 12.6. The van der Waals surface area contributed by atoms with E-state index in [1.54, 1.807) is 6.20 Å². The van der Waals surface area contributed by atoms with Gasteiger partial charge in [0.15, 0.2) is 0 Å². The molecule has 1 fully saturated rings. The van der Waals surface area contributed by atoms with Gasteiger partial charge in [0.1, 0.15) is 0 Å². The van der Waals surface area contributed by atoms with E-state index in [0.29, 0.717) is 11.5 Å². The molecule has 0 aromatic carbocycles. The van der Waals surface area contributed by atoms with E-state index >= 15 is 0 Å². The van der Waals surface area contributed by atoms with E-state index in [0.717, 1.165) is 44.0 Å². The fraction of sp³-hybridized carbons (Fsp3) is 0.600. The first-order valence-corrected chi connectivity index (χ1v) is 7.27. The van der Waals surface area contributed by atoms with Crippen LogP contribution in [0.25, 0.3) is 0 Å². The Balaban J connectivity index is 1.98. The molecule has 1 amide bonds. The topological polar surface area (TPSA) is 57.3 Å².